The third kappa shape index (κ3) is 8.86. The zero-order valence-electron chi connectivity index (χ0n) is 5.62. The molecule has 0 N–H and O–H groups in total. The van der Waals surface area contributed by atoms with E-state index in [1.54, 1.807) is 0 Å². The third-order valence-corrected chi connectivity index (χ3v) is 0.350. The quantitative estimate of drug-likeness (QED) is 0.226. The predicted octanol–water partition coefficient (Wildman–Crippen LogP) is -4.51. The van der Waals surface area contributed by atoms with Crippen molar-refractivity contribution in [3.8, 4) is 0 Å². The molecule has 0 amide bonds. The first-order chi connectivity index (χ1) is 3.81. The molecule has 0 saturated carbocycles. The summed E-state index contributed by atoms with van der Waals surface area (Å²) in [7, 11) is 0.665. The van der Waals surface area contributed by atoms with E-state index in [-0.39, 0.29) is 29.6 Å². The predicted molar refractivity (Wildman–Crippen MR) is 21.9 cm³/mol. The second-order valence-electron chi connectivity index (χ2n) is 0.814. The summed E-state index contributed by atoms with van der Waals surface area (Å²) in [4.78, 5) is 15.6. The van der Waals surface area contributed by atoms with Crippen molar-refractivity contribution in [3.63, 3.8) is 0 Å². The Bertz CT molecular complexity index is 48.2. The topological polar surface area (TPSA) is 60.0 Å². The van der Waals surface area contributed by atoms with E-state index < -0.39 is 7.32 Å². The van der Waals surface area contributed by atoms with Crippen LogP contribution in [0, 0.1) is 0 Å². The van der Waals surface area contributed by atoms with Gasteiger partial charge in [-0.25, -0.2) is 0 Å². The van der Waals surface area contributed by atoms with Crippen LogP contribution in [0.15, 0.2) is 0 Å². The van der Waals surface area contributed by atoms with Gasteiger partial charge >= 0.3 is 36.9 Å². The van der Waals surface area contributed by atoms with Gasteiger partial charge in [-0.15, -0.1) is 0 Å². The van der Waals surface area contributed by atoms with Gasteiger partial charge in [-0.1, -0.05) is 0 Å². The van der Waals surface area contributed by atoms with E-state index >= 15 is 0 Å². The van der Waals surface area contributed by atoms with E-state index in [0.29, 0.717) is 0 Å². The zero-order chi connectivity index (χ0) is 6.41. The Morgan fingerprint density at radius 1 is 1.11 bits per heavy atom. The summed E-state index contributed by atoms with van der Waals surface area (Å²) < 4.78 is 0. The maximum Gasteiger partial charge on any atom is 1.00 e. The fourth-order valence-corrected chi connectivity index (χ4v) is 0.173. The number of hydrogen-bond donors (Lipinski definition) is 0. The van der Waals surface area contributed by atoms with E-state index in [1.165, 1.54) is 14.2 Å². The number of rotatable bonds is 4. The fraction of sp³-hybridized carbons (Fsp3) is 1.00. The molecule has 0 aromatic rings. The average molecular weight is 144 g/mol. The molecule has 0 atom stereocenters. The molecule has 0 bridgehead atoms. The third-order valence-electron chi connectivity index (χ3n) is 0.350. The molecule has 0 aliphatic heterocycles. The van der Waals surface area contributed by atoms with Crippen molar-refractivity contribution in [2.75, 3.05) is 14.2 Å². The van der Waals surface area contributed by atoms with Gasteiger partial charge in [0.2, 0.25) is 0 Å². The first kappa shape index (κ1) is 12.5. The van der Waals surface area contributed by atoms with E-state index in [1.807, 2.05) is 0 Å². The zero-order valence-corrected chi connectivity index (χ0v) is 7.62. The normalized spacial score (nSPS) is 8.33. The van der Waals surface area contributed by atoms with Gasteiger partial charge in [0.25, 0.3) is 0 Å². The smallest absolute Gasteiger partial charge is 0.828 e. The first-order valence-corrected chi connectivity index (χ1v) is 1.86. The Labute approximate surface area is 75.6 Å². The van der Waals surface area contributed by atoms with Gasteiger partial charge in [0.1, 0.15) is 0 Å². The maximum atomic E-state index is 10.0. The van der Waals surface area contributed by atoms with Crippen LogP contribution in [0.1, 0.15) is 0 Å². The molecule has 0 radical (unpaired) electrons. The van der Waals surface area contributed by atoms with Gasteiger partial charge in [0.15, 0.2) is 0 Å². The standard InChI is InChI=1S/C2H6BO5.Na/c1-5-7-3(4)8-6-2;/h1-2H3;/q-1;+1. The Hall–Kier alpha value is 0.865. The molecule has 48 valence electrons. The van der Waals surface area contributed by atoms with Crippen molar-refractivity contribution < 1.29 is 54.0 Å². The van der Waals surface area contributed by atoms with Gasteiger partial charge in [0.05, 0.1) is 14.2 Å². The van der Waals surface area contributed by atoms with Crippen molar-refractivity contribution in [3.05, 3.63) is 0 Å². The summed E-state index contributed by atoms with van der Waals surface area (Å²) in [6.07, 6.45) is 0. The maximum absolute atomic E-state index is 10.0. The molecule has 0 aromatic heterocycles. The minimum atomic E-state index is -1.73. The minimum Gasteiger partial charge on any atom is -0.828 e. The van der Waals surface area contributed by atoms with E-state index in [9.17, 15) is 5.02 Å². The SMILES string of the molecule is COOB([O-])OOC.[Na+]. The molecular formula is C2H6BNaO5. The van der Waals surface area contributed by atoms with Gasteiger partial charge in [-0.2, -0.15) is 0 Å². The molecule has 0 aliphatic rings. The van der Waals surface area contributed by atoms with E-state index in [0.717, 1.165) is 0 Å². The molecule has 0 heterocycles. The molecule has 5 nitrogen and oxygen atoms in total. The Balaban J connectivity index is 0. The van der Waals surface area contributed by atoms with Gasteiger partial charge in [-0.05, 0) is 0 Å². The van der Waals surface area contributed by atoms with Crippen LogP contribution in [-0.2, 0) is 19.4 Å². The minimum absolute atomic E-state index is 0. The monoisotopic (exact) mass is 144 g/mol. The van der Waals surface area contributed by atoms with Crippen LogP contribution in [0.2, 0.25) is 0 Å². The van der Waals surface area contributed by atoms with Crippen molar-refractivity contribution in [2.24, 2.45) is 0 Å². The summed E-state index contributed by atoms with van der Waals surface area (Å²) in [5.74, 6) is 0. The summed E-state index contributed by atoms with van der Waals surface area (Å²) in [5, 5.41) is 10.0. The van der Waals surface area contributed by atoms with Crippen molar-refractivity contribution >= 4 is 7.32 Å². The molecule has 0 aromatic carbocycles. The number of hydrogen-bond acceptors (Lipinski definition) is 5. The summed E-state index contributed by atoms with van der Waals surface area (Å²) in [6.45, 7) is 0. The van der Waals surface area contributed by atoms with Crippen LogP contribution >= 0.6 is 0 Å². The molecule has 0 unspecified atom stereocenters. The van der Waals surface area contributed by atoms with Crippen LogP contribution in [-0.4, -0.2) is 21.5 Å². The van der Waals surface area contributed by atoms with Crippen LogP contribution in [0.5, 0.6) is 0 Å². The summed E-state index contributed by atoms with van der Waals surface area (Å²) in [6, 6.07) is 0. The first-order valence-electron chi connectivity index (χ1n) is 1.86. The molecule has 0 rings (SSSR count). The molecule has 9 heavy (non-hydrogen) atoms. The van der Waals surface area contributed by atoms with Gasteiger partial charge in [0, 0.05) is 0 Å². The van der Waals surface area contributed by atoms with Crippen LogP contribution in [0.25, 0.3) is 0 Å². The summed E-state index contributed by atoms with van der Waals surface area (Å²) in [5.41, 5.74) is 0. The molecular weight excluding hydrogens is 138 g/mol. The van der Waals surface area contributed by atoms with Crippen molar-refractivity contribution in [1.82, 2.24) is 0 Å². The van der Waals surface area contributed by atoms with Gasteiger partial charge < -0.3 is 5.02 Å². The molecule has 0 saturated heterocycles. The van der Waals surface area contributed by atoms with E-state index in [4.69, 9.17) is 0 Å². The molecule has 0 fully saturated rings. The Morgan fingerprint density at radius 3 is 1.67 bits per heavy atom. The Morgan fingerprint density at radius 2 is 1.44 bits per heavy atom. The van der Waals surface area contributed by atoms with Crippen LogP contribution < -0.4 is 34.6 Å². The Kier molecular flexibility index (Phi) is 12.3. The summed E-state index contributed by atoms with van der Waals surface area (Å²) >= 11 is 0. The average Bonchev–Trinajstić information content (AvgIpc) is 1.68. The van der Waals surface area contributed by atoms with Crippen LogP contribution in [0.4, 0.5) is 0 Å². The van der Waals surface area contributed by atoms with Crippen LogP contribution in [0.3, 0.4) is 0 Å². The van der Waals surface area contributed by atoms with Crippen molar-refractivity contribution in [2.45, 2.75) is 0 Å². The second-order valence-corrected chi connectivity index (χ2v) is 0.814. The van der Waals surface area contributed by atoms with Crippen molar-refractivity contribution in [1.29, 1.82) is 0 Å². The second kappa shape index (κ2) is 8.86. The molecule has 7 heteroatoms. The molecule has 0 aliphatic carbocycles. The fourth-order valence-electron chi connectivity index (χ4n) is 0.173. The van der Waals surface area contributed by atoms with E-state index in [2.05, 4.69) is 19.4 Å². The molecule has 0 spiro atoms. The largest absolute Gasteiger partial charge is 1.00 e. The van der Waals surface area contributed by atoms with Gasteiger partial charge in [-0.3, -0.25) is 19.4 Å².